The third-order valence-corrected chi connectivity index (χ3v) is 2.54. The van der Waals surface area contributed by atoms with Crippen molar-refractivity contribution in [3.8, 4) is 5.75 Å². The monoisotopic (exact) mass is 191 g/mol. The smallest absolute Gasteiger partial charge is 0.220 e. The summed E-state index contributed by atoms with van der Waals surface area (Å²) >= 11 is 0. The highest BCUT2D eigenvalue weighted by Crippen LogP contribution is 2.25. The number of amides is 1. The van der Waals surface area contributed by atoms with Gasteiger partial charge in [-0.25, -0.2) is 0 Å². The zero-order valence-electron chi connectivity index (χ0n) is 8.12. The summed E-state index contributed by atoms with van der Waals surface area (Å²) in [6, 6.07) is 7.89. The van der Waals surface area contributed by atoms with E-state index in [0.29, 0.717) is 12.3 Å². The molecule has 1 aromatic rings. The first-order chi connectivity index (χ1) is 6.79. The molecule has 0 spiro atoms. The Bertz CT molecular complexity index is 349. The number of ether oxygens (including phenoxy) is 1. The van der Waals surface area contributed by atoms with Gasteiger partial charge in [0.2, 0.25) is 5.91 Å². The second kappa shape index (κ2) is 3.70. The lowest BCUT2D eigenvalue weighted by molar-refractivity contribution is -0.119. The predicted molar refractivity (Wildman–Crippen MR) is 53.4 cm³/mol. The molecule has 1 heterocycles. The van der Waals surface area contributed by atoms with Crippen molar-refractivity contribution in [2.45, 2.75) is 12.3 Å². The Hall–Kier alpha value is -1.51. The maximum atomic E-state index is 11.0. The highest BCUT2D eigenvalue weighted by Gasteiger charge is 2.22. The molecule has 0 saturated carbocycles. The molecule has 0 radical (unpaired) electrons. The maximum Gasteiger partial charge on any atom is 0.220 e. The number of carbonyl (C=O) groups excluding carboxylic acids is 1. The summed E-state index contributed by atoms with van der Waals surface area (Å²) in [5, 5.41) is 2.83. The van der Waals surface area contributed by atoms with E-state index in [1.807, 2.05) is 24.3 Å². The fourth-order valence-corrected chi connectivity index (χ4v) is 1.74. The lowest BCUT2D eigenvalue weighted by Crippen LogP contribution is -2.13. The van der Waals surface area contributed by atoms with Crippen molar-refractivity contribution in [3.05, 3.63) is 29.8 Å². The van der Waals surface area contributed by atoms with Crippen LogP contribution in [0, 0.1) is 0 Å². The molecule has 1 aliphatic rings. The second-order valence-corrected chi connectivity index (χ2v) is 3.48. The van der Waals surface area contributed by atoms with Crippen molar-refractivity contribution in [3.63, 3.8) is 0 Å². The molecule has 1 amide bonds. The first-order valence-corrected chi connectivity index (χ1v) is 4.70. The minimum atomic E-state index is 0.137. The van der Waals surface area contributed by atoms with E-state index in [0.717, 1.165) is 12.3 Å². The quantitative estimate of drug-likeness (QED) is 0.765. The maximum absolute atomic E-state index is 11.0. The Balaban J connectivity index is 2.19. The van der Waals surface area contributed by atoms with Crippen LogP contribution in [0.2, 0.25) is 0 Å². The van der Waals surface area contributed by atoms with Crippen LogP contribution in [-0.2, 0) is 4.79 Å². The van der Waals surface area contributed by atoms with Crippen LogP contribution in [0.5, 0.6) is 5.75 Å². The molecule has 14 heavy (non-hydrogen) atoms. The van der Waals surface area contributed by atoms with Gasteiger partial charge in [0.05, 0.1) is 7.11 Å². The van der Waals surface area contributed by atoms with Gasteiger partial charge >= 0.3 is 0 Å². The van der Waals surface area contributed by atoms with Gasteiger partial charge in [-0.05, 0) is 17.7 Å². The zero-order valence-corrected chi connectivity index (χ0v) is 8.12. The average Bonchev–Trinajstić information content (AvgIpc) is 2.65. The summed E-state index contributed by atoms with van der Waals surface area (Å²) in [5.74, 6) is 1.29. The molecular formula is C11H13NO2. The van der Waals surface area contributed by atoms with Crippen molar-refractivity contribution < 1.29 is 9.53 Å². The lowest BCUT2D eigenvalue weighted by Gasteiger charge is -2.08. The van der Waals surface area contributed by atoms with Crippen molar-refractivity contribution >= 4 is 5.91 Å². The Morgan fingerprint density at radius 2 is 2.36 bits per heavy atom. The van der Waals surface area contributed by atoms with Gasteiger partial charge in [0.1, 0.15) is 5.75 Å². The minimum absolute atomic E-state index is 0.137. The lowest BCUT2D eigenvalue weighted by atomic mass is 9.98. The molecule has 74 valence electrons. The van der Waals surface area contributed by atoms with Gasteiger partial charge in [0.25, 0.3) is 0 Å². The molecule has 1 aromatic carbocycles. The summed E-state index contributed by atoms with van der Waals surface area (Å²) in [6.07, 6.45) is 0.590. The van der Waals surface area contributed by atoms with Crippen LogP contribution in [0.3, 0.4) is 0 Å². The van der Waals surface area contributed by atoms with Gasteiger partial charge in [-0.2, -0.15) is 0 Å². The third kappa shape index (κ3) is 1.71. The summed E-state index contributed by atoms with van der Waals surface area (Å²) in [7, 11) is 1.65. The van der Waals surface area contributed by atoms with Crippen LogP contribution in [0.15, 0.2) is 24.3 Å². The van der Waals surface area contributed by atoms with Gasteiger partial charge in [-0.3, -0.25) is 4.79 Å². The molecule has 0 bridgehead atoms. The van der Waals surface area contributed by atoms with Crippen molar-refractivity contribution in [1.29, 1.82) is 0 Å². The summed E-state index contributed by atoms with van der Waals surface area (Å²) in [6.45, 7) is 0.742. The van der Waals surface area contributed by atoms with E-state index in [1.165, 1.54) is 5.56 Å². The van der Waals surface area contributed by atoms with Gasteiger partial charge < -0.3 is 10.1 Å². The number of hydrogen-bond donors (Lipinski definition) is 1. The van der Waals surface area contributed by atoms with Crippen molar-refractivity contribution in [2.24, 2.45) is 0 Å². The standard InChI is InChI=1S/C11H13NO2/c1-14-10-4-2-3-8(5-10)9-6-11(13)12-7-9/h2-5,9H,6-7H2,1H3,(H,12,13)/t9-/m0/s1. The Morgan fingerprint density at radius 3 is 3.00 bits per heavy atom. The molecule has 2 rings (SSSR count). The summed E-state index contributed by atoms with van der Waals surface area (Å²) < 4.78 is 5.14. The van der Waals surface area contributed by atoms with Crippen LogP contribution in [0.25, 0.3) is 0 Å². The summed E-state index contributed by atoms with van der Waals surface area (Å²) in [5.41, 5.74) is 1.17. The van der Waals surface area contributed by atoms with Crippen molar-refractivity contribution in [1.82, 2.24) is 5.32 Å². The first kappa shape index (κ1) is 9.06. The van der Waals surface area contributed by atoms with Crippen LogP contribution < -0.4 is 10.1 Å². The van der Waals surface area contributed by atoms with Gasteiger partial charge in [-0.15, -0.1) is 0 Å². The van der Waals surface area contributed by atoms with Crippen LogP contribution in [0.4, 0.5) is 0 Å². The van der Waals surface area contributed by atoms with E-state index >= 15 is 0 Å². The van der Waals surface area contributed by atoms with Gasteiger partial charge in [-0.1, -0.05) is 12.1 Å². The van der Waals surface area contributed by atoms with E-state index in [9.17, 15) is 4.79 Å². The normalized spacial score (nSPS) is 20.6. The van der Waals surface area contributed by atoms with E-state index in [4.69, 9.17) is 4.74 Å². The number of benzene rings is 1. The Kier molecular flexibility index (Phi) is 2.39. The molecule has 0 aromatic heterocycles. The number of rotatable bonds is 2. The Labute approximate surface area is 83.1 Å². The Morgan fingerprint density at radius 1 is 1.50 bits per heavy atom. The number of methoxy groups -OCH3 is 1. The molecule has 3 heteroatoms. The fourth-order valence-electron chi connectivity index (χ4n) is 1.74. The highest BCUT2D eigenvalue weighted by atomic mass is 16.5. The van der Waals surface area contributed by atoms with Crippen LogP contribution in [-0.4, -0.2) is 19.6 Å². The van der Waals surface area contributed by atoms with Gasteiger partial charge in [0.15, 0.2) is 0 Å². The molecule has 1 fully saturated rings. The van der Waals surface area contributed by atoms with E-state index in [2.05, 4.69) is 5.32 Å². The van der Waals surface area contributed by atoms with E-state index < -0.39 is 0 Å². The molecule has 0 unspecified atom stereocenters. The SMILES string of the molecule is COc1cccc([C@@H]2CNC(=O)C2)c1. The number of nitrogens with one attached hydrogen (secondary N) is 1. The van der Waals surface area contributed by atoms with Crippen molar-refractivity contribution in [2.75, 3.05) is 13.7 Å². The molecule has 1 aliphatic heterocycles. The topological polar surface area (TPSA) is 38.3 Å². The molecule has 1 atom stereocenters. The predicted octanol–water partition coefficient (Wildman–Crippen LogP) is 1.30. The fraction of sp³-hybridized carbons (Fsp3) is 0.364. The molecule has 1 saturated heterocycles. The molecular weight excluding hydrogens is 178 g/mol. The number of hydrogen-bond acceptors (Lipinski definition) is 2. The third-order valence-electron chi connectivity index (χ3n) is 2.54. The van der Waals surface area contributed by atoms with Gasteiger partial charge in [0, 0.05) is 18.9 Å². The number of carbonyl (C=O) groups is 1. The summed E-state index contributed by atoms with van der Waals surface area (Å²) in [4.78, 5) is 11.0. The highest BCUT2D eigenvalue weighted by molar-refractivity contribution is 5.79. The minimum Gasteiger partial charge on any atom is -0.497 e. The molecule has 3 nitrogen and oxygen atoms in total. The van der Waals surface area contributed by atoms with Crippen LogP contribution >= 0.6 is 0 Å². The largest absolute Gasteiger partial charge is 0.497 e. The van der Waals surface area contributed by atoms with Crippen LogP contribution in [0.1, 0.15) is 17.9 Å². The average molecular weight is 191 g/mol. The second-order valence-electron chi connectivity index (χ2n) is 3.48. The van der Waals surface area contributed by atoms with E-state index in [1.54, 1.807) is 7.11 Å². The molecule has 0 aliphatic carbocycles. The molecule has 1 N–H and O–H groups in total. The zero-order chi connectivity index (χ0) is 9.97. The first-order valence-electron chi connectivity index (χ1n) is 4.70. The van der Waals surface area contributed by atoms with E-state index in [-0.39, 0.29) is 5.91 Å².